The van der Waals surface area contributed by atoms with Gasteiger partial charge < -0.3 is 0 Å². The van der Waals surface area contributed by atoms with Crippen LogP contribution in [0.4, 0.5) is 0 Å². The standard InChI is InChI=1S/C13H10N2.C4H9NSi/c1-10-7-8-12(15-13(10)9-14)11-5-3-2-4-6-11;1-6(2,3)4-5/h2-8H,1H3;1-3H3. The zero-order valence-electron chi connectivity index (χ0n) is 12.9. The molecule has 0 saturated carbocycles. The predicted molar refractivity (Wildman–Crippen MR) is 88.1 cm³/mol. The van der Waals surface area contributed by atoms with Gasteiger partial charge in [-0.25, -0.2) is 10.2 Å². The summed E-state index contributed by atoms with van der Waals surface area (Å²) in [5.74, 6) is 0. The third kappa shape index (κ3) is 5.60. The molecule has 0 fully saturated rings. The quantitative estimate of drug-likeness (QED) is 0.736. The molecule has 0 radical (unpaired) electrons. The topological polar surface area (TPSA) is 60.5 Å². The number of nitriles is 2. The highest BCUT2D eigenvalue weighted by molar-refractivity contribution is 6.83. The van der Waals surface area contributed by atoms with Crippen LogP contribution in [-0.4, -0.2) is 13.1 Å². The zero-order valence-corrected chi connectivity index (χ0v) is 13.9. The molecule has 0 bridgehead atoms. The highest BCUT2D eigenvalue weighted by Crippen LogP contribution is 2.17. The van der Waals surface area contributed by atoms with Gasteiger partial charge >= 0.3 is 0 Å². The Bertz CT molecular complexity index is 674. The Labute approximate surface area is 127 Å². The smallest absolute Gasteiger partial charge is 0.164 e. The summed E-state index contributed by atoms with van der Waals surface area (Å²) in [6.45, 7) is 7.95. The maximum Gasteiger partial charge on any atom is 0.164 e. The normalized spacial score (nSPS) is 9.81. The first kappa shape index (κ1) is 16.6. The van der Waals surface area contributed by atoms with Gasteiger partial charge in [-0.3, -0.25) is 0 Å². The Morgan fingerprint density at radius 3 is 2.00 bits per heavy atom. The summed E-state index contributed by atoms with van der Waals surface area (Å²) >= 11 is 0. The fourth-order valence-corrected chi connectivity index (χ4v) is 1.41. The minimum Gasteiger partial charge on any atom is -0.237 e. The number of aryl methyl sites for hydroxylation is 1. The number of pyridine rings is 1. The van der Waals surface area contributed by atoms with Gasteiger partial charge in [0, 0.05) is 11.3 Å². The highest BCUT2D eigenvalue weighted by atomic mass is 28.3. The summed E-state index contributed by atoms with van der Waals surface area (Å²) in [4.78, 5) is 4.30. The SMILES string of the molecule is C[Si](C)(C)C#N.Cc1ccc(-c2ccccc2)nc1C#N. The number of hydrogen-bond acceptors (Lipinski definition) is 3. The van der Waals surface area contributed by atoms with Crippen molar-refractivity contribution in [2.45, 2.75) is 26.6 Å². The largest absolute Gasteiger partial charge is 0.237 e. The van der Waals surface area contributed by atoms with Gasteiger partial charge in [0.15, 0.2) is 8.07 Å². The van der Waals surface area contributed by atoms with E-state index >= 15 is 0 Å². The molecule has 2 rings (SSSR count). The number of aromatic nitrogens is 1. The van der Waals surface area contributed by atoms with Crippen LogP contribution in [-0.2, 0) is 0 Å². The van der Waals surface area contributed by atoms with E-state index in [2.05, 4.69) is 16.7 Å². The van der Waals surface area contributed by atoms with Crippen molar-refractivity contribution in [3.8, 4) is 23.0 Å². The lowest BCUT2D eigenvalue weighted by molar-refractivity contribution is 1.21. The van der Waals surface area contributed by atoms with Crippen LogP contribution in [0.5, 0.6) is 0 Å². The average Bonchev–Trinajstić information content (AvgIpc) is 2.48. The van der Waals surface area contributed by atoms with Gasteiger partial charge in [0.05, 0.1) is 5.69 Å². The first-order chi connectivity index (χ1) is 9.87. The Morgan fingerprint density at radius 2 is 1.52 bits per heavy atom. The third-order valence-corrected chi connectivity index (χ3v) is 3.28. The lowest BCUT2D eigenvalue weighted by Crippen LogP contribution is -2.15. The van der Waals surface area contributed by atoms with Crippen LogP contribution in [0, 0.1) is 29.2 Å². The molecule has 1 heterocycles. The van der Waals surface area contributed by atoms with Crippen LogP contribution in [0.2, 0.25) is 19.6 Å². The van der Waals surface area contributed by atoms with Gasteiger partial charge in [-0.15, -0.1) is 0 Å². The minimum absolute atomic E-state index is 0.497. The molecule has 1 aromatic carbocycles. The number of nitrogens with zero attached hydrogens (tertiary/aromatic N) is 3. The van der Waals surface area contributed by atoms with E-state index in [9.17, 15) is 0 Å². The monoisotopic (exact) mass is 293 g/mol. The summed E-state index contributed by atoms with van der Waals surface area (Å²) in [5.41, 5.74) is 5.53. The summed E-state index contributed by atoms with van der Waals surface area (Å²) in [6, 6.07) is 15.8. The van der Waals surface area contributed by atoms with E-state index in [-0.39, 0.29) is 0 Å². The molecule has 0 aliphatic carbocycles. The molecular weight excluding hydrogens is 274 g/mol. The highest BCUT2D eigenvalue weighted by Gasteiger charge is 2.09. The van der Waals surface area contributed by atoms with Gasteiger partial charge in [0.1, 0.15) is 11.8 Å². The average molecular weight is 293 g/mol. The van der Waals surface area contributed by atoms with Crippen molar-refractivity contribution in [2.24, 2.45) is 0 Å². The summed E-state index contributed by atoms with van der Waals surface area (Å²) in [7, 11) is -1.33. The van der Waals surface area contributed by atoms with Crippen molar-refractivity contribution in [2.75, 3.05) is 0 Å². The summed E-state index contributed by atoms with van der Waals surface area (Å²) in [5, 5.41) is 17.1. The molecule has 4 heteroatoms. The fourth-order valence-electron chi connectivity index (χ4n) is 1.41. The zero-order chi connectivity index (χ0) is 15.9. The molecule has 0 saturated heterocycles. The first-order valence-electron chi connectivity index (χ1n) is 6.72. The Hall–Kier alpha value is -2.43. The molecule has 0 N–H and O–H groups in total. The predicted octanol–water partition coefficient (Wildman–Crippen LogP) is 4.32. The number of rotatable bonds is 1. The van der Waals surface area contributed by atoms with E-state index in [1.54, 1.807) is 0 Å². The Kier molecular flexibility index (Phi) is 5.84. The second-order valence-electron chi connectivity index (χ2n) is 5.70. The molecule has 0 aliphatic heterocycles. The number of hydrogen-bond donors (Lipinski definition) is 0. The molecular formula is C17H19N3Si. The van der Waals surface area contributed by atoms with E-state index in [0.29, 0.717) is 5.69 Å². The molecule has 2 aromatic rings. The van der Waals surface area contributed by atoms with Crippen molar-refractivity contribution >= 4 is 8.07 Å². The van der Waals surface area contributed by atoms with E-state index in [0.717, 1.165) is 16.8 Å². The Balaban J connectivity index is 0.000000315. The van der Waals surface area contributed by atoms with E-state index in [1.165, 1.54) is 0 Å². The van der Waals surface area contributed by atoms with Crippen LogP contribution in [0.3, 0.4) is 0 Å². The second kappa shape index (κ2) is 7.38. The van der Waals surface area contributed by atoms with Crippen LogP contribution in [0.25, 0.3) is 11.3 Å². The second-order valence-corrected chi connectivity index (χ2v) is 10.4. The van der Waals surface area contributed by atoms with Crippen molar-refractivity contribution < 1.29 is 0 Å². The molecule has 0 atom stereocenters. The molecule has 0 unspecified atom stereocenters. The van der Waals surface area contributed by atoms with Gasteiger partial charge in [0.25, 0.3) is 0 Å². The molecule has 1 aromatic heterocycles. The van der Waals surface area contributed by atoms with Crippen LogP contribution < -0.4 is 0 Å². The van der Waals surface area contributed by atoms with Crippen molar-refractivity contribution in [1.82, 2.24) is 4.98 Å². The summed E-state index contributed by atoms with van der Waals surface area (Å²) < 4.78 is 0. The van der Waals surface area contributed by atoms with Crippen molar-refractivity contribution in [3.05, 3.63) is 53.7 Å². The van der Waals surface area contributed by atoms with E-state index in [1.807, 2.05) is 69.0 Å². The first-order valence-corrected chi connectivity index (χ1v) is 10.2. The molecule has 0 spiro atoms. The number of benzene rings is 1. The van der Waals surface area contributed by atoms with Gasteiger partial charge in [-0.2, -0.15) is 5.26 Å². The fraction of sp³-hybridized carbons (Fsp3) is 0.235. The minimum atomic E-state index is -1.33. The van der Waals surface area contributed by atoms with Crippen molar-refractivity contribution in [1.29, 1.82) is 10.5 Å². The summed E-state index contributed by atoms with van der Waals surface area (Å²) in [6.07, 6.45) is 0. The van der Waals surface area contributed by atoms with Crippen LogP contribution in [0.15, 0.2) is 42.5 Å². The van der Waals surface area contributed by atoms with Gasteiger partial charge in [-0.1, -0.05) is 56.0 Å². The van der Waals surface area contributed by atoms with Crippen LogP contribution >= 0.6 is 0 Å². The maximum atomic E-state index is 8.88. The van der Waals surface area contributed by atoms with E-state index in [4.69, 9.17) is 10.5 Å². The molecule has 21 heavy (non-hydrogen) atoms. The van der Waals surface area contributed by atoms with Crippen LogP contribution in [0.1, 0.15) is 11.3 Å². The van der Waals surface area contributed by atoms with Gasteiger partial charge in [0.2, 0.25) is 0 Å². The lowest BCUT2D eigenvalue weighted by atomic mass is 10.1. The Morgan fingerprint density at radius 1 is 0.952 bits per heavy atom. The lowest BCUT2D eigenvalue weighted by Gasteiger charge is -2.02. The van der Waals surface area contributed by atoms with Crippen molar-refractivity contribution in [3.63, 3.8) is 0 Å². The molecule has 0 aliphatic rings. The molecule has 106 valence electrons. The third-order valence-electron chi connectivity index (χ3n) is 2.61. The van der Waals surface area contributed by atoms with E-state index < -0.39 is 8.07 Å². The van der Waals surface area contributed by atoms with Gasteiger partial charge in [-0.05, 0) is 18.6 Å². The molecule has 3 nitrogen and oxygen atoms in total. The molecule has 0 amide bonds. The maximum absolute atomic E-state index is 8.88.